The molecule has 0 aliphatic rings. The van der Waals surface area contributed by atoms with Gasteiger partial charge in [-0.3, -0.25) is 0 Å². The van der Waals surface area contributed by atoms with Crippen molar-refractivity contribution in [3.8, 4) is 34.5 Å². The molecule has 44 heavy (non-hydrogen) atoms. The predicted molar refractivity (Wildman–Crippen MR) is 171 cm³/mol. The third-order valence-corrected chi connectivity index (χ3v) is 8.02. The zero-order valence-corrected chi connectivity index (χ0v) is 23.9. The third kappa shape index (κ3) is 6.10. The van der Waals surface area contributed by atoms with Gasteiger partial charge in [0, 0.05) is 30.2 Å². The normalized spacial score (nSPS) is 11.2. The van der Waals surface area contributed by atoms with E-state index in [2.05, 4.69) is 0 Å². The number of hydrogen-bond donors (Lipinski definition) is 6. The minimum Gasteiger partial charge on any atom is -0.508 e. The molecule has 0 heterocycles. The Hall–Kier alpha value is -5.62. The van der Waals surface area contributed by atoms with Crippen molar-refractivity contribution in [2.75, 3.05) is 0 Å². The van der Waals surface area contributed by atoms with Crippen molar-refractivity contribution in [2.45, 2.75) is 25.7 Å². The van der Waals surface area contributed by atoms with Gasteiger partial charge in [-0.1, -0.05) is 54.6 Å². The fourth-order valence-corrected chi connectivity index (χ4v) is 5.77. The van der Waals surface area contributed by atoms with Crippen molar-refractivity contribution >= 4 is 10.8 Å². The van der Waals surface area contributed by atoms with E-state index in [0.717, 1.165) is 33.2 Å². The maximum Gasteiger partial charge on any atom is 0.126 e. The molecule has 0 atom stereocenters. The van der Waals surface area contributed by atoms with Crippen molar-refractivity contribution in [1.82, 2.24) is 0 Å². The van der Waals surface area contributed by atoms with Gasteiger partial charge in [-0.25, -0.2) is 0 Å². The average molecular weight is 585 g/mol. The number of hydrogen-bond acceptors (Lipinski definition) is 6. The summed E-state index contributed by atoms with van der Waals surface area (Å²) < 4.78 is 0. The molecule has 0 amide bonds. The molecule has 6 nitrogen and oxygen atoms in total. The summed E-state index contributed by atoms with van der Waals surface area (Å²) in [7, 11) is 0. The Morgan fingerprint density at radius 2 is 0.682 bits per heavy atom. The lowest BCUT2D eigenvalue weighted by molar-refractivity contribution is 0.463. The molecule has 0 unspecified atom stereocenters. The van der Waals surface area contributed by atoms with Crippen LogP contribution in [-0.2, 0) is 25.7 Å². The summed E-state index contributed by atoms with van der Waals surface area (Å²) in [6.07, 6.45) is 1.63. The van der Waals surface area contributed by atoms with Crippen LogP contribution in [0.2, 0.25) is 0 Å². The van der Waals surface area contributed by atoms with E-state index in [-0.39, 0.29) is 34.5 Å². The average Bonchev–Trinajstić information content (AvgIpc) is 3.01. The second kappa shape index (κ2) is 11.9. The molecule has 6 aromatic carbocycles. The first-order valence-electron chi connectivity index (χ1n) is 14.4. The minimum atomic E-state index is 0.112. The monoisotopic (exact) mass is 584 g/mol. The molecule has 220 valence electrons. The minimum absolute atomic E-state index is 0.112. The van der Waals surface area contributed by atoms with Crippen LogP contribution in [0.1, 0.15) is 44.5 Å². The number of phenolic OH excluding ortho intramolecular Hbond substituents is 6. The first-order valence-corrected chi connectivity index (χ1v) is 14.4. The molecule has 6 aromatic rings. The van der Waals surface area contributed by atoms with E-state index < -0.39 is 0 Å². The van der Waals surface area contributed by atoms with Gasteiger partial charge < -0.3 is 30.6 Å². The lowest BCUT2D eigenvalue weighted by Gasteiger charge is -2.20. The summed E-state index contributed by atoms with van der Waals surface area (Å²) in [5.74, 6) is 0.866. The third-order valence-electron chi connectivity index (χ3n) is 8.02. The van der Waals surface area contributed by atoms with E-state index in [1.807, 2.05) is 48.5 Å². The first kappa shape index (κ1) is 28.5. The van der Waals surface area contributed by atoms with Crippen LogP contribution in [0.3, 0.4) is 0 Å². The van der Waals surface area contributed by atoms with E-state index in [9.17, 15) is 30.6 Å². The Kier molecular flexibility index (Phi) is 7.73. The van der Waals surface area contributed by atoms with E-state index in [0.29, 0.717) is 47.8 Å². The van der Waals surface area contributed by atoms with Crippen LogP contribution in [0.15, 0.2) is 109 Å². The van der Waals surface area contributed by atoms with Crippen molar-refractivity contribution < 1.29 is 30.6 Å². The molecule has 0 spiro atoms. The van der Waals surface area contributed by atoms with E-state index in [1.54, 1.807) is 60.7 Å². The SMILES string of the molecule is Oc1ccc(Cc2cc3c(O)c(Cc4ccc(O)cc4)cc(Cc4ccc(O)cc4)c3c(Cc3ccc(O)cc3)c2O)cc1. The van der Waals surface area contributed by atoms with Crippen LogP contribution >= 0.6 is 0 Å². The molecule has 0 aliphatic carbocycles. The quantitative estimate of drug-likeness (QED) is 0.111. The van der Waals surface area contributed by atoms with Crippen LogP contribution in [0.4, 0.5) is 0 Å². The largest absolute Gasteiger partial charge is 0.508 e. The van der Waals surface area contributed by atoms with Gasteiger partial charge in [0.2, 0.25) is 0 Å². The van der Waals surface area contributed by atoms with Crippen molar-refractivity contribution in [2.24, 2.45) is 0 Å². The molecule has 0 aromatic heterocycles. The molecule has 0 fully saturated rings. The predicted octanol–water partition coefficient (Wildman–Crippen LogP) is 7.44. The van der Waals surface area contributed by atoms with Crippen LogP contribution in [0, 0.1) is 0 Å². The zero-order chi connectivity index (χ0) is 30.8. The van der Waals surface area contributed by atoms with Gasteiger partial charge in [0.15, 0.2) is 0 Å². The second-order valence-corrected chi connectivity index (χ2v) is 11.2. The molecule has 6 rings (SSSR count). The first-order chi connectivity index (χ1) is 21.2. The number of benzene rings is 6. The highest BCUT2D eigenvalue weighted by Crippen LogP contribution is 2.43. The molecule has 0 bridgehead atoms. The molecular formula is C38H32O6. The lowest BCUT2D eigenvalue weighted by atomic mass is 9.85. The summed E-state index contributed by atoms with van der Waals surface area (Å²) in [6.45, 7) is 0. The molecule has 6 heteroatoms. The van der Waals surface area contributed by atoms with Crippen LogP contribution in [-0.4, -0.2) is 30.6 Å². The van der Waals surface area contributed by atoms with E-state index >= 15 is 0 Å². The van der Waals surface area contributed by atoms with Crippen LogP contribution < -0.4 is 0 Å². The van der Waals surface area contributed by atoms with Gasteiger partial charge >= 0.3 is 0 Å². The fourth-order valence-electron chi connectivity index (χ4n) is 5.77. The standard InChI is InChI=1S/C38H32O6/c39-30-9-1-23(2-10-30)17-27-21-28(18-24-3-11-31(40)12-4-24)37(43)35-22-29(19-25-5-13-32(41)14-6-25)38(44)34(36(27)35)20-26-7-15-33(42)16-8-26/h1-16,21-22,39-44H,17-20H2. The number of rotatable bonds is 8. The number of fused-ring (bicyclic) bond motifs is 1. The Morgan fingerprint density at radius 1 is 0.341 bits per heavy atom. The molecule has 0 radical (unpaired) electrons. The highest BCUT2D eigenvalue weighted by atomic mass is 16.3. The highest BCUT2D eigenvalue weighted by Gasteiger charge is 2.21. The maximum atomic E-state index is 11.8. The van der Waals surface area contributed by atoms with E-state index in [4.69, 9.17) is 0 Å². The highest BCUT2D eigenvalue weighted by molar-refractivity contribution is 5.97. The Balaban J connectivity index is 1.58. The lowest BCUT2D eigenvalue weighted by Crippen LogP contribution is -2.02. The molecular weight excluding hydrogens is 552 g/mol. The summed E-state index contributed by atoms with van der Waals surface area (Å²) in [4.78, 5) is 0. The Morgan fingerprint density at radius 3 is 1.09 bits per heavy atom. The topological polar surface area (TPSA) is 121 Å². The molecule has 0 saturated heterocycles. The summed E-state index contributed by atoms with van der Waals surface area (Å²) in [5, 5.41) is 64.3. The van der Waals surface area contributed by atoms with Gasteiger partial charge in [0.05, 0.1) is 0 Å². The van der Waals surface area contributed by atoms with Crippen molar-refractivity contribution in [3.63, 3.8) is 0 Å². The van der Waals surface area contributed by atoms with Gasteiger partial charge in [-0.05, 0) is 105 Å². The summed E-state index contributed by atoms with van der Waals surface area (Å²) >= 11 is 0. The molecule has 6 N–H and O–H groups in total. The van der Waals surface area contributed by atoms with Gasteiger partial charge in [0.25, 0.3) is 0 Å². The van der Waals surface area contributed by atoms with Gasteiger partial charge in [0.1, 0.15) is 34.5 Å². The smallest absolute Gasteiger partial charge is 0.126 e. The number of aromatic hydroxyl groups is 6. The van der Waals surface area contributed by atoms with Crippen molar-refractivity contribution in [1.29, 1.82) is 0 Å². The Bertz CT molecular complexity index is 1930. The number of phenols is 6. The maximum absolute atomic E-state index is 11.8. The molecule has 0 saturated carbocycles. The van der Waals surface area contributed by atoms with Gasteiger partial charge in [-0.15, -0.1) is 0 Å². The van der Waals surface area contributed by atoms with E-state index in [1.165, 1.54) is 0 Å². The zero-order valence-electron chi connectivity index (χ0n) is 23.9. The second-order valence-electron chi connectivity index (χ2n) is 11.2. The fraction of sp³-hybridized carbons (Fsp3) is 0.105. The summed E-state index contributed by atoms with van der Waals surface area (Å²) in [6, 6.07) is 31.3. The van der Waals surface area contributed by atoms with Crippen molar-refractivity contribution in [3.05, 3.63) is 154 Å². The Labute approximate surface area is 255 Å². The van der Waals surface area contributed by atoms with Crippen LogP contribution in [0.5, 0.6) is 34.5 Å². The van der Waals surface area contributed by atoms with Crippen LogP contribution in [0.25, 0.3) is 10.8 Å². The summed E-state index contributed by atoms with van der Waals surface area (Å²) in [5.41, 5.74) is 6.52. The van der Waals surface area contributed by atoms with Gasteiger partial charge in [-0.2, -0.15) is 0 Å². The molecule has 0 aliphatic heterocycles.